The molecule has 0 radical (unpaired) electrons. The molecule has 4 nitrogen and oxygen atoms in total. The molecule has 0 aliphatic carbocycles. The smallest absolute Gasteiger partial charge is 0.142 e. The SMILES string of the molecule is Cc1nnsc1C(NN)c1cccc(Br)c1F. The van der Waals surface area contributed by atoms with Gasteiger partial charge in [-0.3, -0.25) is 5.84 Å². The van der Waals surface area contributed by atoms with Crippen molar-refractivity contribution in [1.29, 1.82) is 0 Å². The fraction of sp³-hybridized carbons (Fsp3) is 0.200. The Labute approximate surface area is 110 Å². The lowest BCUT2D eigenvalue weighted by atomic mass is 10.0. The zero-order valence-corrected chi connectivity index (χ0v) is 11.3. The maximum absolute atomic E-state index is 14.0. The third-order valence-electron chi connectivity index (χ3n) is 2.41. The minimum absolute atomic E-state index is 0.330. The van der Waals surface area contributed by atoms with Gasteiger partial charge >= 0.3 is 0 Å². The third-order valence-corrected chi connectivity index (χ3v) is 3.91. The zero-order chi connectivity index (χ0) is 12.4. The summed E-state index contributed by atoms with van der Waals surface area (Å²) in [7, 11) is 0. The Kier molecular flexibility index (Phi) is 3.82. The highest BCUT2D eigenvalue weighted by Gasteiger charge is 2.22. The van der Waals surface area contributed by atoms with Gasteiger partial charge in [0, 0.05) is 5.56 Å². The van der Waals surface area contributed by atoms with Crippen LogP contribution in [0.1, 0.15) is 22.2 Å². The van der Waals surface area contributed by atoms with Crippen LogP contribution in [0.2, 0.25) is 0 Å². The highest BCUT2D eigenvalue weighted by Crippen LogP contribution is 2.30. The van der Waals surface area contributed by atoms with Crippen LogP contribution in [0.15, 0.2) is 22.7 Å². The van der Waals surface area contributed by atoms with Gasteiger partial charge in [-0.15, -0.1) is 5.10 Å². The van der Waals surface area contributed by atoms with Gasteiger partial charge in [0.1, 0.15) is 5.82 Å². The minimum Gasteiger partial charge on any atom is -0.271 e. The maximum atomic E-state index is 14.0. The van der Waals surface area contributed by atoms with Crippen molar-refractivity contribution in [2.24, 2.45) is 5.84 Å². The summed E-state index contributed by atoms with van der Waals surface area (Å²) in [4.78, 5) is 0.810. The van der Waals surface area contributed by atoms with Crippen LogP contribution in [0.5, 0.6) is 0 Å². The molecule has 0 fully saturated rings. The molecule has 7 heteroatoms. The van der Waals surface area contributed by atoms with Gasteiger partial charge in [-0.05, 0) is 40.5 Å². The Morgan fingerprint density at radius 3 is 2.88 bits per heavy atom. The molecule has 2 aromatic rings. The first-order chi connectivity index (χ1) is 8.15. The molecule has 90 valence electrons. The second-order valence-corrected chi connectivity index (χ2v) is 5.11. The fourth-order valence-corrected chi connectivity index (χ4v) is 2.66. The topological polar surface area (TPSA) is 63.8 Å². The van der Waals surface area contributed by atoms with Crippen molar-refractivity contribution < 1.29 is 4.39 Å². The minimum atomic E-state index is -0.438. The van der Waals surface area contributed by atoms with Gasteiger partial charge < -0.3 is 0 Å². The van der Waals surface area contributed by atoms with Gasteiger partial charge in [-0.1, -0.05) is 16.6 Å². The third kappa shape index (κ3) is 2.37. The molecular formula is C10H10BrFN4S. The summed E-state index contributed by atoms with van der Waals surface area (Å²) in [6, 6.07) is 4.65. The van der Waals surface area contributed by atoms with Gasteiger partial charge in [-0.2, -0.15) is 0 Å². The number of hydrazine groups is 1. The molecule has 1 heterocycles. The number of rotatable bonds is 3. The van der Waals surface area contributed by atoms with E-state index in [0.29, 0.717) is 10.0 Å². The predicted octanol–water partition coefficient (Wildman–Crippen LogP) is 2.30. The number of hydrogen-bond acceptors (Lipinski definition) is 5. The van der Waals surface area contributed by atoms with Crippen LogP contribution in [0.3, 0.4) is 0 Å². The van der Waals surface area contributed by atoms with Crippen LogP contribution in [0.25, 0.3) is 0 Å². The van der Waals surface area contributed by atoms with Crippen molar-refractivity contribution >= 4 is 27.5 Å². The largest absolute Gasteiger partial charge is 0.271 e. The molecule has 0 amide bonds. The van der Waals surface area contributed by atoms with Gasteiger partial charge in [0.05, 0.1) is 21.1 Å². The molecule has 0 aliphatic heterocycles. The molecule has 0 saturated carbocycles. The van der Waals surface area contributed by atoms with Crippen LogP contribution in [-0.2, 0) is 0 Å². The standard InChI is InChI=1S/C10H10BrFN4S/c1-5-10(17-16-15-5)9(14-13)6-3-2-4-7(11)8(6)12/h2-4,9,14H,13H2,1H3. The number of halogens is 2. The Balaban J connectivity index is 2.50. The molecule has 0 bridgehead atoms. The maximum Gasteiger partial charge on any atom is 0.142 e. The second kappa shape index (κ2) is 5.18. The zero-order valence-electron chi connectivity index (χ0n) is 8.95. The van der Waals surface area contributed by atoms with Gasteiger partial charge in [0.15, 0.2) is 0 Å². The van der Waals surface area contributed by atoms with Crippen molar-refractivity contribution in [3.05, 3.63) is 44.6 Å². The number of hydrogen-bond donors (Lipinski definition) is 2. The first-order valence-electron chi connectivity index (χ1n) is 4.84. The lowest BCUT2D eigenvalue weighted by Gasteiger charge is -2.16. The highest BCUT2D eigenvalue weighted by molar-refractivity contribution is 9.10. The predicted molar refractivity (Wildman–Crippen MR) is 67.9 cm³/mol. The van der Waals surface area contributed by atoms with E-state index in [2.05, 4.69) is 30.9 Å². The molecule has 1 aromatic heterocycles. The molecule has 2 rings (SSSR count). The van der Waals surface area contributed by atoms with Crippen molar-refractivity contribution in [3.63, 3.8) is 0 Å². The first-order valence-corrected chi connectivity index (χ1v) is 6.40. The van der Waals surface area contributed by atoms with E-state index in [1.165, 1.54) is 11.5 Å². The molecular weight excluding hydrogens is 307 g/mol. The molecule has 1 atom stereocenters. The molecule has 1 unspecified atom stereocenters. The summed E-state index contributed by atoms with van der Waals surface area (Å²) >= 11 is 4.36. The Morgan fingerprint density at radius 1 is 1.53 bits per heavy atom. The summed E-state index contributed by atoms with van der Waals surface area (Å²) < 4.78 is 18.2. The second-order valence-electron chi connectivity index (χ2n) is 3.47. The number of nitrogens with zero attached hydrogens (tertiary/aromatic N) is 2. The summed E-state index contributed by atoms with van der Waals surface area (Å²) in [5.74, 6) is 5.17. The van der Waals surface area contributed by atoms with Crippen LogP contribution in [0.4, 0.5) is 4.39 Å². The van der Waals surface area contributed by atoms with Crippen LogP contribution in [-0.4, -0.2) is 9.59 Å². The molecule has 0 saturated heterocycles. The van der Waals surface area contributed by atoms with Crippen LogP contribution < -0.4 is 11.3 Å². The number of nitrogens with one attached hydrogen (secondary N) is 1. The Morgan fingerprint density at radius 2 is 2.29 bits per heavy atom. The van der Waals surface area contributed by atoms with Crippen LogP contribution >= 0.6 is 27.5 Å². The van der Waals surface area contributed by atoms with Crippen LogP contribution in [0, 0.1) is 12.7 Å². The van der Waals surface area contributed by atoms with Crippen molar-refractivity contribution in [2.45, 2.75) is 13.0 Å². The van der Waals surface area contributed by atoms with Gasteiger partial charge in [0.2, 0.25) is 0 Å². The Bertz CT molecular complexity index is 531. The lowest BCUT2D eigenvalue weighted by Crippen LogP contribution is -2.29. The Hall–Kier alpha value is -0.890. The average Bonchev–Trinajstić information content (AvgIpc) is 2.72. The molecule has 3 N–H and O–H groups in total. The lowest BCUT2D eigenvalue weighted by molar-refractivity contribution is 0.558. The van der Waals surface area contributed by atoms with Crippen molar-refractivity contribution in [2.75, 3.05) is 0 Å². The van der Waals surface area contributed by atoms with E-state index >= 15 is 0 Å². The summed E-state index contributed by atoms with van der Waals surface area (Å²) in [6.07, 6.45) is 0. The van der Waals surface area contributed by atoms with Gasteiger partial charge in [-0.25, -0.2) is 9.82 Å². The van der Waals surface area contributed by atoms with E-state index < -0.39 is 6.04 Å². The fourth-order valence-electron chi connectivity index (χ4n) is 1.55. The van der Waals surface area contributed by atoms with Gasteiger partial charge in [0.25, 0.3) is 0 Å². The molecule has 0 spiro atoms. The quantitative estimate of drug-likeness (QED) is 0.673. The summed E-state index contributed by atoms with van der Waals surface area (Å²) in [5.41, 5.74) is 3.82. The van der Waals surface area contributed by atoms with E-state index in [9.17, 15) is 4.39 Å². The number of benzene rings is 1. The molecule has 17 heavy (non-hydrogen) atoms. The monoisotopic (exact) mass is 316 g/mol. The van der Waals surface area contributed by atoms with Crippen molar-refractivity contribution in [3.8, 4) is 0 Å². The van der Waals surface area contributed by atoms with E-state index in [-0.39, 0.29) is 5.82 Å². The number of nitrogens with two attached hydrogens (primary N) is 1. The van der Waals surface area contributed by atoms with E-state index in [1.54, 1.807) is 18.2 Å². The van der Waals surface area contributed by atoms with Crippen molar-refractivity contribution in [1.82, 2.24) is 15.0 Å². The number of aromatic nitrogens is 2. The summed E-state index contributed by atoms with van der Waals surface area (Å²) in [5, 5.41) is 3.90. The number of aryl methyl sites for hydroxylation is 1. The highest BCUT2D eigenvalue weighted by atomic mass is 79.9. The van der Waals surface area contributed by atoms with E-state index in [1.807, 2.05) is 6.92 Å². The first kappa shape index (κ1) is 12.6. The van der Waals surface area contributed by atoms with E-state index in [4.69, 9.17) is 5.84 Å². The summed E-state index contributed by atoms with van der Waals surface area (Å²) in [6.45, 7) is 1.82. The van der Waals surface area contributed by atoms with E-state index in [0.717, 1.165) is 10.6 Å². The average molecular weight is 317 g/mol. The molecule has 1 aromatic carbocycles. The normalized spacial score (nSPS) is 12.7. The molecule has 0 aliphatic rings.